The van der Waals surface area contributed by atoms with Crippen LogP contribution in [0.3, 0.4) is 0 Å². The summed E-state index contributed by atoms with van der Waals surface area (Å²) in [6, 6.07) is 16.9. The predicted octanol–water partition coefficient (Wildman–Crippen LogP) is 4.91. The molecule has 0 heterocycles. The summed E-state index contributed by atoms with van der Waals surface area (Å²) < 4.78 is 44.2. The Morgan fingerprint density at radius 3 is 2.18 bits per heavy atom. The number of hydrogen-bond donors (Lipinski definition) is 1. The number of rotatable bonds is 9. The molecule has 3 aromatic carbocycles. The number of ether oxygens (including phenoxy) is 1. The van der Waals surface area contributed by atoms with E-state index in [1.807, 2.05) is 0 Å². The number of para-hydroxylation sites is 1. The zero-order valence-electron chi connectivity index (χ0n) is 17.6. The number of anilines is 1. The first-order valence-electron chi connectivity index (χ1n) is 9.82. The van der Waals surface area contributed by atoms with Gasteiger partial charge in [-0.05, 0) is 54.1 Å². The second kappa shape index (κ2) is 10.9. The van der Waals surface area contributed by atoms with Crippen LogP contribution in [0.4, 0.5) is 10.1 Å². The molecule has 0 atom stereocenters. The summed E-state index contributed by atoms with van der Waals surface area (Å²) in [7, 11) is -3.68. The summed E-state index contributed by atoms with van der Waals surface area (Å²) >= 11 is 12.4. The number of nitrogens with zero attached hydrogens (tertiary/aromatic N) is 1. The van der Waals surface area contributed by atoms with Gasteiger partial charge in [-0.1, -0.05) is 41.4 Å². The van der Waals surface area contributed by atoms with Crippen molar-refractivity contribution in [1.29, 1.82) is 0 Å². The van der Waals surface area contributed by atoms with Crippen LogP contribution in [-0.4, -0.2) is 33.7 Å². The third-order valence-corrected chi connectivity index (χ3v) is 6.32. The Morgan fingerprint density at radius 2 is 1.61 bits per heavy atom. The maximum atomic E-state index is 12.9. The van der Waals surface area contributed by atoms with E-state index >= 15 is 0 Å². The molecule has 0 saturated carbocycles. The summed E-state index contributed by atoms with van der Waals surface area (Å²) in [5, 5.41) is 3.16. The number of carbonyl (C=O) groups excluding carboxylic acids is 1. The molecule has 0 unspecified atom stereocenters. The molecule has 0 fully saturated rings. The van der Waals surface area contributed by atoms with E-state index in [9.17, 15) is 17.6 Å². The van der Waals surface area contributed by atoms with Crippen LogP contribution in [0.1, 0.15) is 15.9 Å². The third kappa shape index (κ3) is 6.83. The maximum Gasteiger partial charge on any atom is 0.251 e. The highest BCUT2D eigenvalue weighted by Crippen LogP contribution is 2.35. The van der Waals surface area contributed by atoms with Gasteiger partial charge in [0.05, 0.1) is 35.1 Å². The molecule has 33 heavy (non-hydrogen) atoms. The molecule has 0 aliphatic heterocycles. The highest BCUT2D eigenvalue weighted by atomic mass is 35.5. The summed E-state index contributed by atoms with van der Waals surface area (Å²) in [6.45, 7) is 0.470. The van der Waals surface area contributed by atoms with Crippen LogP contribution in [0.2, 0.25) is 10.0 Å². The van der Waals surface area contributed by atoms with Gasteiger partial charge in [0.1, 0.15) is 18.2 Å². The van der Waals surface area contributed by atoms with E-state index in [-0.39, 0.29) is 47.2 Å². The molecule has 0 saturated heterocycles. The molecule has 0 radical (unpaired) electrons. The van der Waals surface area contributed by atoms with Crippen LogP contribution in [0, 0.1) is 5.82 Å². The molecule has 3 rings (SSSR count). The van der Waals surface area contributed by atoms with Crippen LogP contribution in [0.25, 0.3) is 0 Å². The first-order chi connectivity index (χ1) is 15.6. The minimum atomic E-state index is -3.68. The predicted molar refractivity (Wildman–Crippen MR) is 128 cm³/mol. The highest BCUT2D eigenvalue weighted by Gasteiger charge is 2.23. The number of sulfonamides is 1. The number of carbonyl (C=O) groups is 1. The van der Waals surface area contributed by atoms with Gasteiger partial charge < -0.3 is 10.1 Å². The summed E-state index contributed by atoms with van der Waals surface area (Å²) in [4.78, 5) is 12.3. The molecule has 0 aliphatic rings. The average Bonchev–Trinajstić information content (AvgIpc) is 2.77. The fourth-order valence-corrected chi connectivity index (χ4v) is 4.60. The van der Waals surface area contributed by atoms with Crippen LogP contribution in [0.15, 0.2) is 66.7 Å². The van der Waals surface area contributed by atoms with Crippen LogP contribution in [-0.2, 0) is 16.6 Å². The van der Waals surface area contributed by atoms with E-state index in [1.165, 1.54) is 24.3 Å². The lowest BCUT2D eigenvalue weighted by Gasteiger charge is -2.24. The Kier molecular flexibility index (Phi) is 8.18. The zero-order chi connectivity index (χ0) is 24.0. The Hall–Kier alpha value is -2.81. The van der Waals surface area contributed by atoms with Gasteiger partial charge in [0.25, 0.3) is 5.91 Å². The van der Waals surface area contributed by atoms with Gasteiger partial charge in [-0.3, -0.25) is 9.10 Å². The number of hydrogen-bond acceptors (Lipinski definition) is 4. The van der Waals surface area contributed by atoms with Crippen LogP contribution >= 0.6 is 23.2 Å². The van der Waals surface area contributed by atoms with Crippen molar-refractivity contribution in [2.75, 3.05) is 23.7 Å². The number of halogens is 3. The van der Waals surface area contributed by atoms with Crippen LogP contribution in [0.5, 0.6) is 5.75 Å². The molecule has 0 spiro atoms. The van der Waals surface area contributed by atoms with E-state index in [4.69, 9.17) is 27.9 Å². The SMILES string of the molecule is CS(=O)(=O)N(Cc1ccc(C(=O)NCCOc2ccc(F)cc2)cc1)c1c(Cl)cccc1Cl. The zero-order valence-corrected chi connectivity index (χ0v) is 19.9. The van der Waals surface area contributed by atoms with Gasteiger partial charge in [-0.2, -0.15) is 0 Å². The molecular weight excluding hydrogens is 490 g/mol. The molecule has 0 bridgehead atoms. The molecule has 10 heteroatoms. The van der Waals surface area contributed by atoms with Gasteiger partial charge in [0.15, 0.2) is 0 Å². The largest absolute Gasteiger partial charge is 0.492 e. The summed E-state index contributed by atoms with van der Waals surface area (Å²) in [5.74, 6) is -0.156. The first-order valence-corrected chi connectivity index (χ1v) is 12.4. The van der Waals surface area contributed by atoms with E-state index in [0.717, 1.165) is 10.6 Å². The highest BCUT2D eigenvalue weighted by molar-refractivity contribution is 7.92. The number of nitrogens with one attached hydrogen (secondary N) is 1. The molecule has 174 valence electrons. The first kappa shape index (κ1) is 24.8. The van der Waals surface area contributed by atoms with Gasteiger partial charge in [-0.15, -0.1) is 0 Å². The second-order valence-corrected chi connectivity index (χ2v) is 9.82. The minimum Gasteiger partial charge on any atom is -0.492 e. The minimum absolute atomic E-state index is 0.00427. The van der Waals surface area contributed by atoms with Crippen molar-refractivity contribution in [3.05, 3.63) is 93.7 Å². The van der Waals surface area contributed by atoms with Gasteiger partial charge in [-0.25, -0.2) is 12.8 Å². The fraction of sp³-hybridized carbons (Fsp3) is 0.174. The summed E-state index contributed by atoms with van der Waals surface area (Å²) in [5.41, 5.74) is 1.25. The molecule has 3 aromatic rings. The van der Waals surface area contributed by atoms with E-state index in [2.05, 4.69) is 5.32 Å². The Bertz CT molecular complexity index is 1200. The number of benzene rings is 3. The standard InChI is InChI=1S/C23H21Cl2FN2O4S/c1-33(30,31)28(22-20(24)3-2-4-21(22)25)15-16-5-7-17(8-6-16)23(29)27-13-14-32-19-11-9-18(26)10-12-19/h2-12H,13-15H2,1H3,(H,27,29). The molecule has 0 aromatic heterocycles. The van der Waals surface area contributed by atoms with Crippen molar-refractivity contribution in [3.63, 3.8) is 0 Å². The van der Waals surface area contributed by atoms with Crippen molar-refractivity contribution in [2.45, 2.75) is 6.54 Å². The molecule has 1 amide bonds. The quantitative estimate of drug-likeness (QED) is 0.415. The molecule has 1 N–H and O–H groups in total. The van der Waals surface area contributed by atoms with Gasteiger partial charge in [0, 0.05) is 5.56 Å². The molecule has 0 aliphatic carbocycles. The maximum absolute atomic E-state index is 12.9. The average molecular weight is 511 g/mol. The smallest absolute Gasteiger partial charge is 0.251 e. The molecule has 6 nitrogen and oxygen atoms in total. The van der Waals surface area contributed by atoms with E-state index in [0.29, 0.717) is 16.9 Å². The topological polar surface area (TPSA) is 75.7 Å². The monoisotopic (exact) mass is 510 g/mol. The molecular formula is C23H21Cl2FN2O4S. The van der Waals surface area contributed by atoms with Crippen molar-refractivity contribution in [3.8, 4) is 5.75 Å². The van der Waals surface area contributed by atoms with Crippen molar-refractivity contribution >= 4 is 44.8 Å². The Morgan fingerprint density at radius 1 is 1.00 bits per heavy atom. The van der Waals surface area contributed by atoms with Crippen molar-refractivity contribution in [1.82, 2.24) is 5.32 Å². The van der Waals surface area contributed by atoms with Crippen molar-refractivity contribution < 1.29 is 22.3 Å². The lowest BCUT2D eigenvalue weighted by Crippen LogP contribution is -2.30. The summed E-state index contributed by atoms with van der Waals surface area (Å²) in [6.07, 6.45) is 1.07. The fourth-order valence-electron chi connectivity index (χ4n) is 2.98. The van der Waals surface area contributed by atoms with Crippen molar-refractivity contribution in [2.24, 2.45) is 0 Å². The van der Waals surface area contributed by atoms with E-state index in [1.54, 1.807) is 42.5 Å². The lowest BCUT2D eigenvalue weighted by atomic mass is 10.1. The lowest BCUT2D eigenvalue weighted by molar-refractivity contribution is 0.0947. The normalized spacial score (nSPS) is 11.2. The Labute approximate surface area is 201 Å². The second-order valence-electron chi connectivity index (χ2n) is 7.10. The van der Waals surface area contributed by atoms with Gasteiger partial charge in [0.2, 0.25) is 10.0 Å². The Balaban J connectivity index is 1.61. The van der Waals surface area contributed by atoms with Gasteiger partial charge >= 0.3 is 0 Å². The third-order valence-electron chi connectivity index (χ3n) is 4.60. The van der Waals surface area contributed by atoms with E-state index < -0.39 is 10.0 Å². The van der Waals surface area contributed by atoms with Crippen LogP contribution < -0.4 is 14.4 Å². The number of amides is 1.